The van der Waals surface area contributed by atoms with Crippen molar-refractivity contribution < 1.29 is 40.6 Å². The molecule has 0 bridgehead atoms. The lowest BCUT2D eigenvalue weighted by molar-refractivity contribution is -0.0512. The Labute approximate surface area is 176 Å². The first-order valence-corrected chi connectivity index (χ1v) is 10.5. The van der Waals surface area contributed by atoms with E-state index in [0.29, 0.717) is 0 Å². The van der Waals surface area contributed by atoms with Gasteiger partial charge in [-0.05, 0) is 36.4 Å². The van der Waals surface area contributed by atoms with Crippen LogP contribution >= 0.6 is 0 Å². The summed E-state index contributed by atoms with van der Waals surface area (Å²) in [6.07, 6.45) is 0. The van der Waals surface area contributed by atoms with Gasteiger partial charge in [-0.3, -0.25) is 4.79 Å². The first-order valence-electron chi connectivity index (χ1n) is 9.04. The number of hydrogen-bond donors (Lipinski definition) is 1. The molecule has 0 radical (unpaired) electrons. The van der Waals surface area contributed by atoms with Gasteiger partial charge in [-0.2, -0.15) is 13.1 Å². The van der Waals surface area contributed by atoms with E-state index in [2.05, 4.69) is 10.1 Å². The minimum Gasteiger partial charge on any atom is -0.493 e. The van der Waals surface area contributed by atoms with E-state index in [4.69, 9.17) is 9.47 Å². The van der Waals surface area contributed by atoms with E-state index in [1.54, 1.807) is 0 Å². The van der Waals surface area contributed by atoms with Crippen LogP contribution in [0.1, 0.15) is 10.4 Å². The van der Waals surface area contributed by atoms with Crippen LogP contribution in [0.3, 0.4) is 0 Å². The molecule has 1 aliphatic heterocycles. The van der Waals surface area contributed by atoms with Crippen molar-refractivity contribution in [2.75, 3.05) is 38.7 Å². The molecule has 12 heteroatoms. The van der Waals surface area contributed by atoms with Crippen LogP contribution in [0.2, 0.25) is 0 Å². The number of hydrogen-bond acceptors (Lipinski definition) is 6. The third kappa shape index (κ3) is 5.27. The fourth-order valence-electron chi connectivity index (χ4n) is 2.91. The summed E-state index contributed by atoms with van der Waals surface area (Å²) in [6.45, 7) is -2.50. The number of carbonyl (C=O) groups excluding carboxylic acids is 1. The zero-order valence-electron chi connectivity index (χ0n) is 16.3. The molecule has 1 saturated heterocycles. The van der Waals surface area contributed by atoms with Crippen LogP contribution in [0.25, 0.3) is 0 Å². The summed E-state index contributed by atoms with van der Waals surface area (Å²) >= 11 is 0. The summed E-state index contributed by atoms with van der Waals surface area (Å²) in [7, 11) is -2.90. The van der Waals surface area contributed by atoms with Crippen molar-refractivity contribution in [2.45, 2.75) is 11.5 Å². The second kappa shape index (κ2) is 9.54. The number of rotatable bonds is 7. The van der Waals surface area contributed by atoms with Crippen molar-refractivity contribution in [1.82, 2.24) is 4.31 Å². The van der Waals surface area contributed by atoms with Crippen LogP contribution in [0, 0.1) is 5.82 Å². The second-order valence-corrected chi connectivity index (χ2v) is 8.27. The summed E-state index contributed by atoms with van der Waals surface area (Å²) in [5, 5.41) is 2.45. The molecule has 1 amide bonds. The molecular formula is C19H19F3N2O6S. The van der Waals surface area contributed by atoms with Crippen molar-refractivity contribution in [1.29, 1.82) is 0 Å². The van der Waals surface area contributed by atoms with Crippen molar-refractivity contribution in [3.8, 4) is 11.5 Å². The highest BCUT2D eigenvalue weighted by Gasteiger charge is 2.29. The van der Waals surface area contributed by atoms with Crippen LogP contribution in [0.5, 0.6) is 11.5 Å². The Balaban J connectivity index is 1.83. The van der Waals surface area contributed by atoms with Gasteiger partial charge in [-0.15, -0.1) is 0 Å². The third-order valence-electron chi connectivity index (χ3n) is 4.42. The van der Waals surface area contributed by atoms with Crippen LogP contribution in [0.15, 0.2) is 41.3 Å². The Hall–Kier alpha value is -2.83. The summed E-state index contributed by atoms with van der Waals surface area (Å²) < 4.78 is 80.1. The lowest BCUT2D eigenvalue weighted by atomic mass is 10.2. The van der Waals surface area contributed by atoms with Gasteiger partial charge in [0.15, 0.2) is 11.5 Å². The van der Waals surface area contributed by atoms with Gasteiger partial charge in [-0.25, -0.2) is 12.8 Å². The van der Waals surface area contributed by atoms with Crippen LogP contribution in [-0.4, -0.2) is 58.7 Å². The lowest BCUT2D eigenvalue weighted by Gasteiger charge is -2.26. The summed E-state index contributed by atoms with van der Waals surface area (Å²) in [6, 6.07) is 6.70. The molecule has 2 aromatic carbocycles. The number of methoxy groups -OCH3 is 1. The molecule has 0 atom stereocenters. The highest BCUT2D eigenvalue weighted by Crippen LogP contribution is 2.30. The fraction of sp³-hybridized carbons (Fsp3) is 0.316. The minimum absolute atomic E-state index is 0.0281. The number of nitrogens with one attached hydrogen (secondary N) is 1. The Morgan fingerprint density at radius 2 is 1.84 bits per heavy atom. The smallest absolute Gasteiger partial charge is 0.387 e. The lowest BCUT2D eigenvalue weighted by Crippen LogP contribution is -2.40. The SMILES string of the molecule is COc1cc(C(=O)Nc2ccc(F)c(S(=O)(=O)N3CCOCC3)c2)ccc1OC(F)F. The Morgan fingerprint density at radius 3 is 2.48 bits per heavy atom. The standard InChI is InChI=1S/C19H19F3N2O6S/c1-28-16-10-12(2-5-15(16)30-19(21)22)18(25)23-13-3-4-14(20)17(11-13)31(26,27)24-6-8-29-9-7-24/h2-5,10-11,19H,6-9H2,1H3,(H,23,25). The molecule has 1 heterocycles. The second-order valence-electron chi connectivity index (χ2n) is 6.36. The molecular weight excluding hydrogens is 441 g/mol. The first-order chi connectivity index (χ1) is 14.7. The van der Waals surface area contributed by atoms with Gasteiger partial charge in [0.05, 0.1) is 20.3 Å². The maximum Gasteiger partial charge on any atom is 0.387 e. The largest absolute Gasteiger partial charge is 0.493 e. The van der Waals surface area contributed by atoms with Crippen molar-refractivity contribution >= 4 is 21.6 Å². The molecule has 31 heavy (non-hydrogen) atoms. The van der Waals surface area contributed by atoms with Gasteiger partial charge < -0.3 is 19.5 Å². The predicted molar refractivity (Wildman–Crippen MR) is 104 cm³/mol. The van der Waals surface area contributed by atoms with E-state index >= 15 is 0 Å². The van der Waals surface area contributed by atoms with Gasteiger partial charge in [0.2, 0.25) is 10.0 Å². The van der Waals surface area contributed by atoms with E-state index in [0.717, 1.165) is 22.5 Å². The first kappa shape index (κ1) is 22.8. The highest BCUT2D eigenvalue weighted by atomic mass is 32.2. The molecule has 0 unspecified atom stereocenters. The van der Waals surface area contributed by atoms with E-state index in [-0.39, 0.29) is 49.1 Å². The molecule has 0 aliphatic carbocycles. The molecule has 0 saturated carbocycles. The number of halogens is 3. The third-order valence-corrected chi connectivity index (χ3v) is 6.33. The maximum absolute atomic E-state index is 14.3. The van der Waals surface area contributed by atoms with E-state index < -0.39 is 33.3 Å². The average Bonchev–Trinajstić information content (AvgIpc) is 2.75. The van der Waals surface area contributed by atoms with Gasteiger partial charge in [-0.1, -0.05) is 0 Å². The zero-order chi connectivity index (χ0) is 22.6. The summed E-state index contributed by atoms with van der Waals surface area (Å²) in [4.78, 5) is 12.0. The molecule has 0 spiro atoms. The van der Waals surface area contributed by atoms with Crippen molar-refractivity contribution in [3.63, 3.8) is 0 Å². The van der Waals surface area contributed by atoms with Gasteiger partial charge in [0.1, 0.15) is 10.7 Å². The van der Waals surface area contributed by atoms with Crippen LogP contribution in [0.4, 0.5) is 18.9 Å². The molecule has 8 nitrogen and oxygen atoms in total. The molecule has 1 N–H and O–H groups in total. The quantitative estimate of drug-likeness (QED) is 0.683. The van der Waals surface area contributed by atoms with E-state index in [1.165, 1.54) is 25.3 Å². The highest BCUT2D eigenvalue weighted by molar-refractivity contribution is 7.89. The monoisotopic (exact) mass is 460 g/mol. The Morgan fingerprint density at radius 1 is 1.13 bits per heavy atom. The fourth-order valence-corrected chi connectivity index (χ4v) is 4.41. The minimum atomic E-state index is -4.12. The number of sulfonamides is 1. The van der Waals surface area contributed by atoms with Crippen LogP contribution in [-0.2, 0) is 14.8 Å². The van der Waals surface area contributed by atoms with Gasteiger partial charge in [0, 0.05) is 24.3 Å². The van der Waals surface area contributed by atoms with Gasteiger partial charge in [0.25, 0.3) is 5.91 Å². The number of amides is 1. The molecule has 1 fully saturated rings. The molecule has 0 aromatic heterocycles. The van der Waals surface area contributed by atoms with Crippen LogP contribution < -0.4 is 14.8 Å². The number of nitrogens with zero attached hydrogens (tertiary/aromatic N) is 1. The van der Waals surface area contributed by atoms with Crippen molar-refractivity contribution in [2.24, 2.45) is 0 Å². The Bertz CT molecular complexity index is 1060. The molecule has 3 rings (SSSR count). The molecule has 168 valence electrons. The number of anilines is 1. The number of morpholine rings is 1. The number of benzene rings is 2. The zero-order valence-corrected chi connectivity index (χ0v) is 17.1. The topological polar surface area (TPSA) is 94.2 Å². The maximum atomic E-state index is 14.3. The number of alkyl halides is 2. The molecule has 2 aromatic rings. The van der Waals surface area contributed by atoms with Gasteiger partial charge >= 0.3 is 6.61 Å². The number of carbonyl (C=O) groups is 1. The van der Waals surface area contributed by atoms with E-state index in [1.807, 2.05) is 0 Å². The summed E-state index contributed by atoms with van der Waals surface area (Å²) in [5.74, 6) is -2.00. The summed E-state index contributed by atoms with van der Waals surface area (Å²) in [5.41, 5.74) is 0.0606. The van der Waals surface area contributed by atoms with E-state index in [9.17, 15) is 26.4 Å². The molecule has 1 aliphatic rings. The predicted octanol–water partition coefficient (Wildman–Crippen LogP) is 2.71. The number of ether oxygens (including phenoxy) is 3. The Kier molecular flexibility index (Phi) is 7.03. The van der Waals surface area contributed by atoms with Crippen molar-refractivity contribution in [3.05, 3.63) is 47.8 Å². The average molecular weight is 460 g/mol. The normalized spacial score (nSPS) is 15.0.